The first-order valence-electron chi connectivity index (χ1n) is 9.40. The van der Waals surface area contributed by atoms with Gasteiger partial charge in [-0.05, 0) is 57.8 Å². The number of nitrogens with zero attached hydrogens (tertiary/aromatic N) is 1. The molecule has 3 atom stereocenters. The zero-order valence-corrected chi connectivity index (χ0v) is 15.8. The van der Waals surface area contributed by atoms with Gasteiger partial charge in [-0.15, -0.1) is 0 Å². The summed E-state index contributed by atoms with van der Waals surface area (Å²) >= 11 is 0. The van der Waals surface area contributed by atoms with Crippen LogP contribution in [0.1, 0.15) is 73.1 Å². The molecule has 0 radical (unpaired) electrons. The normalized spacial score (nSPS) is 32.7. The molecule has 1 amide bonds. The van der Waals surface area contributed by atoms with E-state index in [1.165, 1.54) is 32.1 Å². The summed E-state index contributed by atoms with van der Waals surface area (Å²) < 4.78 is 5.55. The van der Waals surface area contributed by atoms with E-state index in [4.69, 9.17) is 4.74 Å². The molecular weight excluding hydrogens is 288 g/mol. The highest BCUT2D eigenvalue weighted by atomic mass is 16.6. The summed E-state index contributed by atoms with van der Waals surface area (Å²) in [6.07, 6.45) is 7.46. The third-order valence-corrected chi connectivity index (χ3v) is 5.34. The Morgan fingerprint density at radius 1 is 1.26 bits per heavy atom. The van der Waals surface area contributed by atoms with Crippen LogP contribution in [0.25, 0.3) is 0 Å². The lowest BCUT2D eigenvalue weighted by atomic mass is 9.80. The number of piperidine rings is 1. The Bertz CT molecular complexity index is 405. The molecule has 0 spiro atoms. The van der Waals surface area contributed by atoms with Crippen molar-refractivity contribution < 1.29 is 9.53 Å². The van der Waals surface area contributed by atoms with Crippen LogP contribution < -0.4 is 5.32 Å². The van der Waals surface area contributed by atoms with E-state index in [9.17, 15) is 4.79 Å². The molecule has 1 heterocycles. The zero-order valence-electron chi connectivity index (χ0n) is 15.8. The molecule has 134 valence electrons. The van der Waals surface area contributed by atoms with Crippen LogP contribution >= 0.6 is 0 Å². The number of ether oxygens (including phenoxy) is 1. The van der Waals surface area contributed by atoms with E-state index < -0.39 is 5.60 Å². The molecule has 0 aromatic carbocycles. The van der Waals surface area contributed by atoms with E-state index in [1.54, 1.807) is 0 Å². The number of rotatable bonds is 3. The van der Waals surface area contributed by atoms with Crippen molar-refractivity contribution in [3.05, 3.63) is 0 Å². The SMILES string of the molecule is CC1CCCCC1NCC1(C)CCCN(C(=O)OC(C)(C)C)C1. The molecule has 2 fully saturated rings. The van der Waals surface area contributed by atoms with Gasteiger partial charge in [0.2, 0.25) is 0 Å². The van der Waals surface area contributed by atoms with E-state index in [0.29, 0.717) is 6.04 Å². The van der Waals surface area contributed by atoms with Gasteiger partial charge in [0.1, 0.15) is 5.60 Å². The van der Waals surface area contributed by atoms with Crippen molar-refractivity contribution in [1.29, 1.82) is 0 Å². The molecule has 2 aliphatic rings. The van der Waals surface area contributed by atoms with E-state index in [-0.39, 0.29) is 11.5 Å². The maximum absolute atomic E-state index is 12.3. The number of hydrogen-bond acceptors (Lipinski definition) is 3. The van der Waals surface area contributed by atoms with Gasteiger partial charge in [-0.1, -0.05) is 26.7 Å². The van der Waals surface area contributed by atoms with Gasteiger partial charge in [0.25, 0.3) is 0 Å². The molecule has 1 N–H and O–H groups in total. The van der Waals surface area contributed by atoms with Crippen molar-refractivity contribution in [2.45, 2.75) is 84.8 Å². The second-order valence-electron chi connectivity index (χ2n) is 9.07. The summed E-state index contributed by atoms with van der Waals surface area (Å²) in [7, 11) is 0. The molecule has 1 saturated carbocycles. The number of likely N-dealkylation sites (tertiary alicyclic amines) is 1. The highest BCUT2D eigenvalue weighted by molar-refractivity contribution is 5.68. The average Bonchev–Trinajstić information content (AvgIpc) is 2.45. The topological polar surface area (TPSA) is 41.6 Å². The Hall–Kier alpha value is -0.770. The lowest BCUT2D eigenvalue weighted by Gasteiger charge is -2.42. The molecule has 1 aliphatic carbocycles. The van der Waals surface area contributed by atoms with E-state index in [2.05, 4.69) is 19.2 Å². The third kappa shape index (κ3) is 5.66. The van der Waals surface area contributed by atoms with E-state index in [1.807, 2.05) is 25.7 Å². The van der Waals surface area contributed by atoms with Crippen LogP contribution in [0.2, 0.25) is 0 Å². The van der Waals surface area contributed by atoms with Crippen LogP contribution in [0.4, 0.5) is 4.79 Å². The molecule has 1 saturated heterocycles. The van der Waals surface area contributed by atoms with Crippen molar-refractivity contribution in [1.82, 2.24) is 10.2 Å². The molecular formula is C19H36N2O2. The van der Waals surface area contributed by atoms with Gasteiger partial charge < -0.3 is 15.0 Å². The van der Waals surface area contributed by atoms with Crippen molar-refractivity contribution in [2.75, 3.05) is 19.6 Å². The fourth-order valence-electron chi connectivity index (χ4n) is 3.94. The minimum absolute atomic E-state index is 0.158. The van der Waals surface area contributed by atoms with Crippen molar-refractivity contribution in [3.8, 4) is 0 Å². The minimum Gasteiger partial charge on any atom is -0.444 e. The van der Waals surface area contributed by atoms with Gasteiger partial charge in [-0.2, -0.15) is 0 Å². The van der Waals surface area contributed by atoms with Crippen LogP contribution in [-0.4, -0.2) is 42.3 Å². The largest absolute Gasteiger partial charge is 0.444 e. The quantitative estimate of drug-likeness (QED) is 0.846. The zero-order chi connectivity index (χ0) is 17.1. The predicted octanol–water partition coefficient (Wildman–Crippen LogP) is 4.19. The maximum atomic E-state index is 12.3. The maximum Gasteiger partial charge on any atom is 0.410 e. The van der Waals surface area contributed by atoms with Gasteiger partial charge in [0.15, 0.2) is 0 Å². The minimum atomic E-state index is -0.416. The molecule has 4 heteroatoms. The van der Waals surface area contributed by atoms with Gasteiger partial charge in [0.05, 0.1) is 0 Å². The summed E-state index contributed by atoms with van der Waals surface area (Å²) in [5.74, 6) is 0.776. The number of carbonyl (C=O) groups excluding carboxylic acids is 1. The lowest BCUT2D eigenvalue weighted by Crippen LogP contribution is -2.52. The Kier molecular flexibility index (Phi) is 5.99. The van der Waals surface area contributed by atoms with Gasteiger partial charge >= 0.3 is 6.09 Å². The molecule has 23 heavy (non-hydrogen) atoms. The molecule has 3 unspecified atom stereocenters. The third-order valence-electron chi connectivity index (χ3n) is 5.34. The summed E-state index contributed by atoms with van der Waals surface area (Å²) in [6.45, 7) is 13.1. The Morgan fingerprint density at radius 3 is 2.61 bits per heavy atom. The fourth-order valence-corrected chi connectivity index (χ4v) is 3.94. The van der Waals surface area contributed by atoms with Crippen molar-refractivity contribution in [3.63, 3.8) is 0 Å². The monoisotopic (exact) mass is 324 g/mol. The summed E-state index contributed by atoms with van der Waals surface area (Å²) in [4.78, 5) is 14.2. The molecule has 0 aromatic heterocycles. The average molecular weight is 325 g/mol. The number of carbonyl (C=O) groups is 1. The van der Waals surface area contributed by atoms with Crippen LogP contribution in [0, 0.1) is 11.3 Å². The molecule has 0 aromatic rings. The van der Waals surface area contributed by atoms with Crippen LogP contribution in [0.15, 0.2) is 0 Å². The van der Waals surface area contributed by atoms with Crippen LogP contribution in [-0.2, 0) is 4.74 Å². The fraction of sp³-hybridized carbons (Fsp3) is 0.947. The van der Waals surface area contributed by atoms with E-state index >= 15 is 0 Å². The molecule has 2 rings (SSSR count). The first-order valence-corrected chi connectivity index (χ1v) is 9.40. The highest BCUT2D eigenvalue weighted by Crippen LogP contribution is 2.31. The highest BCUT2D eigenvalue weighted by Gasteiger charge is 2.35. The summed E-state index contributed by atoms with van der Waals surface area (Å²) in [6, 6.07) is 0.650. The lowest BCUT2D eigenvalue weighted by molar-refractivity contribution is 0.00605. The van der Waals surface area contributed by atoms with Gasteiger partial charge in [-0.3, -0.25) is 0 Å². The van der Waals surface area contributed by atoms with Crippen molar-refractivity contribution in [2.24, 2.45) is 11.3 Å². The molecule has 1 aliphatic heterocycles. The second kappa shape index (κ2) is 7.42. The molecule has 4 nitrogen and oxygen atoms in total. The van der Waals surface area contributed by atoms with Gasteiger partial charge in [0, 0.05) is 25.7 Å². The Morgan fingerprint density at radius 2 is 1.96 bits per heavy atom. The smallest absolute Gasteiger partial charge is 0.410 e. The first kappa shape index (κ1) is 18.6. The molecule has 0 bridgehead atoms. The number of nitrogens with one attached hydrogen (secondary N) is 1. The van der Waals surface area contributed by atoms with Crippen molar-refractivity contribution >= 4 is 6.09 Å². The van der Waals surface area contributed by atoms with E-state index in [0.717, 1.165) is 32.0 Å². The standard InChI is InChI=1S/C19H36N2O2/c1-15-9-6-7-10-16(15)20-13-19(5)11-8-12-21(14-19)17(22)23-18(2,3)4/h15-16,20H,6-14H2,1-5H3. The number of amides is 1. The Balaban J connectivity index is 1.86. The summed E-state index contributed by atoms with van der Waals surface area (Å²) in [5, 5.41) is 3.81. The predicted molar refractivity (Wildman–Crippen MR) is 94.6 cm³/mol. The number of hydrogen-bond donors (Lipinski definition) is 1. The van der Waals surface area contributed by atoms with Gasteiger partial charge in [-0.25, -0.2) is 4.79 Å². The van der Waals surface area contributed by atoms with Crippen LogP contribution in [0.3, 0.4) is 0 Å². The summed E-state index contributed by atoms with van der Waals surface area (Å²) in [5.41, 5.74) is -0.257. The van der Waals surface area contributed by atoms with Crippen LogP contribution in [0.5, 0.6) is 0 Å². The first-order chi connectivity index (χ1) is 10.7. The Labute approximate surface area is 142 Å². The second-order valence-corrected chi connectivity index (χ2v) is 9.07.